The third-order valence-corrected chi connectivity index (χ3v) is 4.84. The average molecular weight is 352 g/mol. The Morgan fingerprint density at radius 1 is 1.12 bits per heavy atom. The Hall–Kier alpha value is -1.26. The number of hydrogen-bond acceptors (Lipinski definition) is 3. The lowest BCUT2D eigenvalue weighted by Crippen LogP contribution is -2.50. The Morgan fingerprint density at radius 3 is 2.42 bits per heavy atom. The minimum Gasteiger partial charge on any atom is -0.368 e. The van der Waals surface area contributed by atoms with Crippen LogP contribution in [0.3, 0.4) is 0 Å². The van der Waals surface area contributed by atoms with Crippen molar-refractivity contribution in [2.75, 3.05) is 37.6 Å². The maximum atomic E-state index is 12.2. The summed E-state index contributed by atoms with van der Waals surface area (Å²) < 4.78 is 0. The number of nitrogens with zero attached hydrogens (tertiary/aromatic N) is 2. The minimum absolute atomic E-state index is 0.137. The molecule has 0 aromatic heterocycles. The van der Waals surface area contributed by atoms with Gasteiger partial charge in [-0.3, -0.25) is 9.69 Å². The molecule has 0 radical (unpaired) electrons. The van der Waals surface area contributed by atoms with Crippen LogP contribution in [-0.2, 0) is 4.79 Å². The van der Waals surface area contributed by atoms with Crippen molar-refractivity contribution in [1.29, 1.82) is 0 Å². The van der Waals surface area contributed by atoms with E-state index in [1.54, 1.807) is 0 Å². The second-order valence-electron chi connectivity index (χ2n) is 7.15. The average Bonchev–Trinajstić information content (AvgIpc) is 2.54. The summed E-state index contributed by atoms with van der Waals surface area (Å²) in [5, 5.41) is 3.91. The standard InChI is InChI=1S/C19H30ClN3O/c1-15(2)8-9-16(3)21-19(24)14-22-10-12-23(13-11-22)18-7-5-4-6-17(18)20/h4-7,15-16H,8-14H2,1-3H3,(H,21,24)/t16-/m1/s1. The molecule has 1 aliphatic rings. The summed E-state index contributed by atoms with van der Waals surface area (Å²) >= 11 is 6.27. The highest BCUT2D eigenvalue weighted by atomic mass is 35.5. The van der Waals surface area contributed by atoms with Gasteiger partial charge in [-0.2, -0.15) is 0 Å². The molecule has 1 N–H and O–H groups in total. The fourth-order valence-electron chi connectivity index (χ4n) is 3.03. The predicted molar refractivity (Wildman–Crippen MR) is 102 cm³/mol. The van der Waals surface area contributed by atoms with Crippen LogP contribution < -0.4 is 10.2 Å². The van der Waals surface area contributed by atoms with Crippen LogP contribution in [0.5, 0.6) is 0 Å². The van der Waals surface area contributed by atoms with Crippen LogP contribution in [0.4, 0.5) is 5.69 Å². The number of nitrogens with one attached hydrogen (secondary N) is 1. The van der Waals surface area contributed by atoms with Gasteiger partial charge in [-0.1, -0.05) is 37.6 Å². The minimum atomic E-state index is 0.137. The molecule has 5 heteroatoms. The van der Waals surface area contributed by atoms with Gasteiger partial charge >= 0.3 is 0 Å². The first-order valence-electron chi connectivity index (χ1n) is 8.97. The molecular formula is C19H30ClN3O. The van der Waals surface area contributed by atoms with E-state index in [4.69, 9.17) is 11.6 Å². The third kappa shape index (κ3) is 5.99. The zero-order chi connectivity index (χ0) is 17.5. The predicted octanol–water partition coefficient (Wildman–Crippen LogP) is 3.40. The topological polar surface area (TPSA) is 35.6 Å². The van der Waals surface area contributed by atoms with Gasteiger partial charge in [-0.25, -0.2) is 0 Å². The highest BCUT2D eigenvalue weighted by Gasteiger charge is 2.20. The molecule has 0 saturated carbocycles. The molecule has 0 bridgehead atoms. The van der Waals surface area contributed by atoms with E-state index in [2.05, 4.69) is 42.0 Å². The number of para-hydroxylation sites is 1. The van der Waals surface area contributed by atoms with E-state index < -0.39 is 0 Å². The van der Waals surface area contributed by atoms with Gasteiger partial charge in [0.15, 0.2) is 0 Å². The lowest BCUT2D eigenvalue weighted by Gasteiger charge is -2.36. The van der Waals surface area contributed by atoms with Crippen LogP contribution in [-0.4, -0.2) is 49.6 Å². The number of carbonyl (C=O) groups is 1. The van der Waals surface area contributed by atoms with Gasteiger partial charge in [0.2, 0.25) is 5.91 Å². The number of piperazine rings is 1. The van der Waals surface area contributed by atoms with Crippen molar-refractivity contribution in [3.05, 3.63) is 29.3 Å². The SMILES string of the molecule is CC(C)CC[C@@H](C)NC(=O)CN1CCN(c2ccccc2Cl)CC1. The van der Waals surface area contributed by atoms with Crippen LogP contribution in [0, 0.1) is 5.92 Å². The van der Waals surface area contributed by atoms with Crippen molar-refractivity contribution in [3.63, 3.8) is 0 Å². The van der Waals surface area contributed by atoms with Gasteiger partial charge in [-0.15, -0.1) is 0 Å². The summed E-state index contributed by atoms with van der Waals surface area (Å²) in [6.07, 6.45) is 2.20. The summed E-state index contributed by atoms with van der Waals surface area (Å²) in [6, 6.07) is 8.20. The van der Waals surface area contributed by atoms with Crippen LogP contribution in [0.1, 0.15) is 33.6 Å². The van der Waals surface area contributed by atoms with Crippen molar-refractivity contribution in [2.24, 2.45) is 5.92 Å². The number of rotatable bonds is 7. The van der Waals surface area contributed by atoms with E-state index in [1.807, 2.05) is 18.2 Å². The highest BCUT2D eigenvalue weighted by Crippen LogP contribution is 2.25. The molecule has 0 aliphatic carbocycles. The van der Waals surface area contributed by atoms with Gasteiger partial charge in [0.1, 0.15) is 0 Å². The Kier molecular flexibility index (Phi) is 7.38. The molecule has 1 aromatic carbocycles. The van der Waals surface area contributed by atoms with Gasteiger partial charge in [0.25, 0.3) is 0 Å². The fraction of sp³-hybridized carbons (Fsp3) is 0.632. The van der Waals surface area contributed by atoms with Gasteiger partial charge in [0, 0.05) is 32.2 Å². The van der Waals surface area contributed by atoms with Crippen molar-refractivity contribution in [2.45, 2.75) is 39.7 Å². The molecule has 1 fully saturated rings. The first-order valence-corrected chi connectivity index (χ1v) is 9.34. The summed E-state index contributed by atoms with van der Waals surface area (Å²) in [6.45, 7) is 10.6. The molecule has 2 rings (SSSR count). The smallest absolute Gasteiger partial charge is 0.234 e. The summed E-state index contributed by atoms with van der Waals surface area (Å²) in [7, 11) is 0. The maximum absolute atomic E-state index is 12.2. The second-order valence-corrected chi connectivity index (χ2v) is 7.56. The molecule has 1 saturated heterocycles. The number of anilines is 1. The summed E-state index contributed by atoms with van der Waals surface area (Å²) in [5.41, 5.74) is 1.09. The van der Waals surface area contributed by atoms with Crippen molar-refractivity contribution in [3.8, 4) is 0 Å². The molecule has 1 aliphatic heterocycles. The van der Waals surface area contributed by atoms with Gasteiger partial charge in [-0.05, 0) is 37.8 Å². The molecule has 1 atom stereocenters. The molecule has 1 amide bonds. The first kappa shape index (κ1) is 19.1. The van der Waals surface area contributed by atoms with E-state index in [9.17, 15) is 4.79 Å². The van der Waals surface area contributed by atoms with Crippen LogP contribution in [0.15, 0.2) is 24.3 Å². The fourth-order valence-corrected chi connectivity index (χ4v) is 3.29. The zero-order valence-corrected chi connectivity index (χ0v) is 15.9. The molecule has 0 spiro atoms. The monoisotopic (exact) mass is 351 g/mol. The summed E-state index contributed by atoms with van der Waals surface area (Å²) in [4.78, 5) is 16.7. The third-order valence-electron chi connectivity index (χ3n) is 4.52. The molecule has 4 nitrogen and oxygen atoms in total. The highest BCUT2D eigenvalue weighted by molar-refractivity contribution is 6.33. The Balaban J connectivity index is 1.73. The number of hydrogen-bond donors (Lipinski definition) is 1. The molecule has 134 valence electrons. The number of amides is 1. The molecule has 1 aromatic rings. The number of benzene rings is 1. The Morgan fingerprint density at radius 2 is 1.79 bits per heavy atom. The quantitative estimate of drug-likeness (QED) is 0.817. The lowest BCUT2D eigenvalue weighted by molar-refractivity contribution is -0.123. The van der Waals surface area contributed by atoms with E-state index in [0.717, 1.165) is 49.7 Å². The summed E-state index contributed by atoms with van der Waals surface area (Å²) in [5.74, 6) is 0.819. The first-order chi connectivity index (χ1) is 11.5. The van der Waals surface area contributed by atoms with Crippen LogP contribution >= 0.6 is 11.6 Å². The normalized spacial score (nSPS) is 17.1. The molecular weight excluding hydrogens is 322 g/mol. The van der Waals surface area contributed by atoms with Crippen LogP contribution in [0.25, 0.3) is 0 Å². The van der Waals surface area contributed by atoms with Crippen LogP contribution in [0.2, 0.25) is 5.02 Å². The van der Waals surface area contributed by atoms with E-state index in [0.29, 0.717) is 12.5 Å². The molecule has 24 heavy (non-hydrogen) atoms. The molecule has 0 unspecified atom stereocenters. The van der Waals surface area contributed by atoms with Crippen molar-refractivity contribution in [1.82, 2.24) is 10.2 Å². The molecule has 1 heterocycles. The van der Waals surface area contributed by atoms with Crippen molar-refractivity contribution >= 4 is 23.2 Å². The maximum Gasteiger partial charge on any atom is 0.234 e. The Labute approximate surface area is 151 Å². The van der Waals surface area contributed by atoms with Crippen molar-refractivity contribution < 1.29 is 4.79 Å². The second kappa shape index (κ2) is 9.28. The van der Waals surface area contributed by atoms with Gasteiger partial charge < -0.3 is 10.2 Å². The van der Waals surface area contributed by atoms with E-state index >= 15 is 0 Å². The number of carbonyl (C=O) groups excluding carboxylic acids is 1. The number of halogens is 1. The van der Waals surface area contributed by atoms with E-state index in [1.165, 1.54) is 0 Å². The Bertz CT molecular complexity index is 527. The van der Waals surface area contributed by atoms with Gasteiger partial charge in [0.05, 0.1) is 17.3 Å². The van der Waals surface area contributed by atoms with E-state index in [-0.39, 0.29) is 11.9 Å². The zero-order valence-electron chi connectivity index (χ0n) is 15.1. The largest absolute Gasteiger partial charge is 0.368 e. The lowest BCUT2D eigenvalue weighted by atomic mass is 10.0.